The van der Waals surface area contributed by atoms with Crippen LogP contribution in [0.5, 0.6) is 0 Å². The maximum Gasteiger partial charge on any atom is 0.187 e. The lowest BCUT2D eigenvalue weighted by atomic mass is 10.2. The number of aromatic nitrogens is 2. The molecule has 1 atom stereocenters. The van der Waals surface area contributed by atoms with Crippen LogP contribution in [0.25, 0.3) is 0 Å². The zero-order valence-electron chi connectivity index (χ0n) is 8.98. The van der Waals surface area contributed by atoms with Crippen molar-refractivity contribution in [3.63, 3.8) is 0 Å². The van der Waals surface area contributed by atoms with Crippen molar-refractivity contribution in [1.82, 2.24) is 13.6 Å². The first kappa shape index (κ1) is 11.1. The fourth-order valence-electron chi connectivity index (χ4n) is 2.01. The van der Waals surface area contributed by atoms with E-state index in [1.807, 2.05) is 7.05 Å². The summed E-state index contributed by atoms with van der Waals surface area (Å²) in [4.78, 5) is 4.49. The number of hydrogen-bond acceptors (Lipinski definition) is 5. The molecule has 1 aromatic heterocycles. The summed E-state index contributed by atoms with van der Waals surface area (Å²) in [5, 5.41) is 0.517. The van der Waals surface area contributed by atoms with Crippen LogP contribution in [-0.2, 0) is 0 Å². The Hall–Kier alpha value is -0.390. The molecular formula is C9H15ClN4S. The van der Waals surface area contributed by atoms with E-state index in [1.54, 1.807) is 0 Å². The van der Waals surface area contributed by atoms with Gasteiger partial charge in [0.15, 0.2) is 11.0 Å². The standard InChI is InChI=1S/C9H15ClN4S/c1-13-5-3-4-7(13)6-14(2)9-8(10)11-15-12-9/h7H,3-6H2,1-2H3. The van der Waals surface area contributed by atoms with Crippen molar-refractivity contribution in [3.05, 3.63) is 5.15 Å². The summed E-state index contributed by atoms with van der Waals surface area (Å²) in [6.45, 7) is 2.17. The number of rotatable bonds is 3. The zero-order chi connectivity index (χ0) is 10.8. The molecule has 15 heavy (non-hydrogen) atoms. The van der Waals surface area contributed by atoms with Crippen LogP contribution >= 0.6 is 23.3 Å². The molecule has 1 saturated heterocycles. The van der Waals surface area contributed by atoms with E-state index in [0.717, 1.165) is 12.4 Å². The van der Waals surface area contributed by atoms with Crippen LogP contribution in [0.3, 0.4) is 0 Å². The Morgan fingerprint density at radius 2 is 2.40 bits per heavy atom. The molecule has 1 aromatic rings. The third-order valence-corrected chi connectivity index (χ3v) is 3.82. The molecule has 0 aliphatic carbocycles. The molecule has 0 aromatic carbocycles. The van der Waals surface area contributed by atoms with Gasteiger partial charge in [-0.2, -0.15) is 8.75 Å². The molecule has 1 aliphatic rings. The Balaban J connectivity index is 1.97. The third kappa shape index (κ3) is 2.41. The molecule has 0 saturated carbocycles. The van der Waals surface area contributed by atoms with Crippen molar-refractivity contribution in [3.8, 4) is 0 Å². The molecular weight excluding hydrogens is 232 g/mol. The first-order chi connectivity index (χ1) is 7.18. The minimum atomic E-state index is 0.517. The number of likely N-dealkylation sites (tertiary alicyclic amines) is 1. The summed E-state index contributed by atoms with van der Waals surface area (Å²) in [7, 11) is 4.20. The van der Waals surface area contributed by atoms with E-state index in [1.165, 1.54) is 31.1 Å². The van der Waals surface area contributed by atoms with Gasteiger partial charge in [0.25, 0.3) is 0 Å². The zero-order valence-corrected chi connectivity index (χ0v) is 10.6. The summed E-state index contributed by atoms with van der Waals surface area (Å²) in [6, 6.07) is 0.618. The summed E-state index contributed by atoms with van der Waals surface area (Å²) >= 11 is 7.10. The molecule has 0 amide bonds. The Morgan fingerprint density at radius 3 is 2.93 bits per heavy atom. The minimum absolute atomic E-state index is 0.517. The van der Waals surface area contributed by atoms with Gasteiger partial charge in [-0.3, -0.25) is 0 Å². The molecule has 1 fully saturated rings. The van der Waals surface area contributed by atoms with Crippen molar-refractivity contribution in [2.24, 2.45) is 0 Å². The first-order valence-electron chi connectivity index (χ1n) is 5.08. The highest BCUT2D eigenvalue weighted by molar-refractivity contribution is 6.99. The maximum absolute atomic E-state index is 5.94. The van der Waals surface area contributed by atoms with Gasteiger partial charge in [-0.05, 0) is 26.4 Å². The Labute approximate surface area is 99.2 Å². The van der Waals surface area contributed by atoms with Crippen LogP contribution < -0.4 is 4.90 Å². The van der Waals surface area contributed by atoms with Crippen LogP contribution in [0.15, 0.2) is 0 Å². The lowest BCUT2D eigenvalue weighted by Crippen LogP contribution is -2.36. The molecule has 2 heterocycles. The summed E-state index contributed by atoms with van der Waals surface area (Å²) < 4.78 is 8.16. The van der Waals surface area contributed by atoms with E-state index in [2.05, 4.69) is 25.6 Å². The fraction of sp³-hybridized carbons (Fsp3) is 0.778. The van der Waals surface area contributed by atoms with E-state index < -0.39 is 0 Å². The minimum Gasteiger partial charge on any atom is -0.355 e. The number of nitrogens with zero attached hydrogens (tertiary/aromatic N) is 4. The van der Waals surface area contributed by atoms with Crippen molar-refractivity contribution in [2.45, 2.75) is 18.9 Å². The molecule has 1 unspecified atom stereocenters. The molecule has 1 aliphatic heterocycles. The number of halogens is 1. The smallest absolute Gasteiger partial charge is 0.187 e. The second-order valence-electron chi connectivity index (χ2n) is 4.04. The summed E-state index contributed by atoms with van der Waals surface area (Å²) in [5.41, 5.74) is 0. The van der Waals surface area contributed by atoms with Gasteiger partial charge < -0.3 is 9.80 Å². The van der Waals surface area contributed by atoms with Crippen LogP contribution in [0, 0.1) is 0 Å². The molecule has 0 N–H and O–H groups in total. The normalized spacial score (nSPS) is 22.2. The van der Waals surface area contributed by atoms with Gasteiger partial charge in [-0.1, -0.05) is 11.6 Å². The second-order valence-corrected chi connectivity index (χ2v) is 4.92. The van der Waals surface area contributed by atoms with Crippen molar-refractivity contribution in [2.75, 3.05) is 32.1 Å². The molecule has 84 valence electrons. The quantitative estimate of drug-likeness (QED) is 0.813. The largest absolute Gasteiger partial charge is 0.355 e. The predicted molar refractivity (Wildman–Crippen MR) is 63.8 cm³/mol. The number of hydrogen-bond donors (Lipinski definition) is 0. The Bertz CT molecular complexity index is 330. The highest BCUT2D eigenvalue weighted by atomic mass is 35.5. The van der Waals surface area contributed by atoms with Gasteiger partial charge in [-0.15, -0.1) is 0 Å². The van der Waals surface area contributed by atoms with Crippen LogP contribution in [0.1, 0.15) is 12.8 Å². The molecule has 0 bridgehead atoms. The fourth-order valence-corrected chi connectivity index (χ4v) is 2.84. The van der Waals surface area contributed by atoms with Crippen LogP contribution in [0.4, 0.5) is 5.82 Å². The van der Waals surface area contributed by atoms with Crippen LogP contribution in [0.2, 0.25) is 5.15 Å². The van der Waals surface area contributed by atoms with Crippen LogP contribution in [-0.4, -0.2) is 46.9 Å². The van der Waals surface area contributed by atoms with Gasteiger partial charge in [0.1, 0.15) is 0 Å². The van der Waals surface area contributed by atoms with Crippen molar-refractivity contribution in [1.29, 1.82) is 0 Å². The number of anilines is 1. The van der Waals surface area contributed by atoms with Gasteiger partial charge in [0.2, 0.25) is 0 Å². The average molecular weight is 247 g/mol. The lowest BCUT2D eigenvalue weighted by Gasteiger charge is -2.25. The van der Waals surface area contributed by atoms with Gasteiger partial charge in [-0.25, -0.2) is 0 Å². The SMILES string of the molecule is CN(CC1CCCN1C)c1nsnc1Cl. The number of likely N-dealkylation sites (N-methyl/N-ethyl adjacent to an activating group) is 2. The highest BCUT2D eigenvalue weighted by Crippen LogP contribution is 2.24. The van der Waals surface area contributed by atoms with Gasteiger partial charge in [0, 0.05) is 19.6 Å². The van der Waals surface area contributed by atoms with Gasteiger partial charge >= 0.3 is 0 Å². The Kier molecular flexibility index (Phi) is 3.43. The second kappa shape index (κ2) is 4.63. The first-order valence-corrected chi connectivity index (χ1v) is 6.18. The topological polar surface area (TPSA) is 32.3 Å². The lowest BCUT2D eigenvalue weighted by molar-refractivity contribution is 0.314. The molecule has 4 nitrogen and oxygen atoms in total. The molecule has 2 rings (SSSR count). The molecule has 0 radical (unpaired) electrons. The predicted octanol–water partition coefficient (Wildman–Crippen LogP) is 1.72. The van der Waals surface area contributed by atoms with Gasteiger partial charge in [0.05, 0.1) is 11.7 Å². The summed E-state index contributed by atoms with van der Waals surface area (Å²) in [6.07, 6.45) is 2.55. The van der Waals surface area contributed by atoms with Crippen molar-refractivity contribution >= 4 is 29.1 Å². The van der Waals surface area contributed by atoms with E-state index in [-0.39, 0.29) is 0 Å². The summed E-state index contributed by atoms with van der Waals surface area (Å²) in [5.74, 6) is 0.807. The molecule has 6 heteroatoms. The Morgan fingerprint density at radius 1 is 1.60 bits per heavy atom. The van der Waals surface area contributed by atoms with E-state index in [9.17, 15) is 0 Å². The average Bonchev–Trinajstić information content (AvgIpc) is 2.76. The van der Waals surface area contributed by atoms with E-state index >= 15 is 0 Å². The maximum atomic E-state index is 5.94. The third-order valence-electron chi connectivity index (χ3n) is 2.95. The van der Waals surface area contributed by atoms with Crippen molar-refractivity contribution < 1.29 is 0 Å². The van der Waals surface area contributed by atoms with E-state index in [4.69, 9.17) is 11.6 Å². The van der Waals surface area contributed by atoms with E-state index in [0.29, 0.717) is 11.2 Å². The highest BCUT2D eigenvalue weighted by Gasteiger charge is 2.23. The molecule has 0 spiro atoms. The monoisotopic (exact) mass is 246 g/mol.